The van der Waals surface area contributed by atoms with Crippen molar-refractivity contribution >= 4 is 18.0 Å². The summed E-state index contributed by atoms with van der Waals surface area (Å²) >= 11 is 0. The van der Waals surface area contributed by atoms with Crippen LogP contribution in [0.25, 0.3) is 0 Å². The van der Waals surface area contributed by atoms with Crippen LogP contribution in [0.5, 0.6) is 0 Å². The molecule has 2 heterocycles. The normalized spacial score (nSPS) is 28.5. The molecule has 100 valence electrons. The Morgan fingerprint density at radius 3 is 2.67 bits per heavy atom. The average molecular weight is 256 g/mol. The standard InChI is InChI=1S/C11H16N2O5/c1-7-8(10(15)16)2-3-12(7)6-9(14)13-4-5-18-11(13)17/h7-8H,2-6H2,1H3,(H,15,16). The summed E-state index contributed by atoms with van der Waals surface area (Å²) < 4.78 is 4.69. The van der Waals surface area contributed by atoms with Crippen molar-refractivity contribution in [2.45, 2.75) is 19.4 Å². The van der Waals surface area contributed by atoms with Crippen LogP contribution in [0.2, 0.25) is 0 Å². The third-order valence-electron chi connectivity index (χ3n) is 3.60. The lowest BCUT2D eigenvalue weighted by Gasteiger charge is -2.23. The number of amides is 2. The molecule has 2 fully saturated rings. The van der Waals surface area contributed by atoms with E-state index in [9.17, 15) is 14.4 Å². The van der Waals surface area contributed by atoms with E-state index in [4.69, 9.17) is 9.84 Å². The largest absolute Gasteiger partial charge is 0.481 e. The lowest BCUT2D eigenvalue weighted by molar-refractivity contribution is -0.142. The van der Waals surface area contributed by atoms with Crippen LogP contribution in [0, 0.1) is 5.92 Å². The second-order valence-electron chi connectivity index (χ2n) is 4.60. The van der Waals surface area contributed by atoms with E-state index in [2.05, 4.69) is 0 Å². The van der Waals surface area contributed by atoms with E-state index in [1.807, 2.05) is 0 Å². The number of cyclic esters (lactones) is 1. The monoisotopic (exact) mass is 256 g/mol. The highest BCUT2D eigenvalue weighted by atomic mass is 16.6. The minimum Gasteiger partial charge on any atom is -0.481 e. The molecule has 0 aliphatic carbocycles. The molecule has 18 heavy (non-hydrogen) atoms. The molecule has 1 N–H and O–H groups in total. The number of carboxylic acid groups (broad SMARTS) is 1. The van der Waals surface area contributed by atoms with Crippen LogP contribution in [-0.2, 0) is 14.3 Å². The van der Waals surface area contributed by atoms with Crippen molar-refractivity contribution < 1.29 is 24.2 Å². The zero-order chi connectivity index (χ0) is 13.3. The summed E-state index contributed by atoms with van der Waals surface area (Å²) in [4.78, 5) is 36.9. The van der Waals surface area contributed by atoms with E-state index in [0.717, 1.165) is 4.90 Å². The van der Waals surface area contributed by atoms with E-state index in [1.54, 1.807) is 11.8 Å². The van der Waals surface area contributed by atoms with Crippen LogP contribution >= 0.6 is 0 Å². The van der Waals surface area contributed by atoms with Gasteiger partial charge in [0.1, 0.15) is 6.61 Å². The summed E-state index contributed by atoms with van der Waals surface area (Å²) in [5, 5.41) is 8.99. The molecule has 0 saturated carbocycles. The number of carbonyl (C=O) groups excluding carboxylic acids is 2. The topological polar surface area (TPSA) is 87.2 Å². The summed E-state index contributed by atoms with van der Waals surface area (Å²) in [6.45, 7) is 2.94. The molecule has 2 amide bonds. The second kappa shape index (κ2) is 4.93. The summed E-state index contributed by atoms with van der Waals surface area (Å²) in [6.07, 6.45) is -0.0737. The van der Waals surface area contributed by atoms with Gasteiger partial charge in [-0.2, -0.15) is 0 Å². The Bertz CT molecular complexity index is 384. The zero-order valence-corrected chi connectivity index (χ0v) is 10.2. The maximum Gasteiger partial charge on any atom is 0.416 e. The highest BCUT2D eigenvalue weighted by molar-refractivity contribution is 5.94. The second-order valence-corrected chi connectivity index (χ2v) is 4.60. The lowest BCUT2D eigenvalue weighted by Crippen LogP contribution is -2.43. The molecular formula is C11H16N2O5. The van der Waals surface area contributed by atoms with Crippen LogP contribution in [0.15, 0.2) is 0 Å². The first-order valence-electron chi connectivity index (χ1n) is 5.94. The van der Waals surface area contributed by atoms with Crippen molar-refractivity contribution in [3.8, 4) is 0 Å². The van der Waals surface area contributed by atoms with Crippen LogP contribution < -0.4 is 0 Å². The smallest absolute Gasteiger partial charge is 0.416 e. The van der Waals surface area contributed by atoms with Crippen molar-refractivity contribution in [1.29, 1.82) is 0 Å². The van der Waals surface area contributed by atoms with Gasteiger partial charge in [0.15, 0.2) is 0 Å². The highest BCUT2D eigenvalue weighted by Crippen LogP contribution is 2.24. The van der Waals surface area contributed by atoms with Gasteiger partial charge in [-0.1, -0.05) is 0 Å². The summed E-state index contributed by atoms with van der Waals surface area (Å²) in [7, 11) is 0. The van der Waals surface area contributed by atoms with Gasteiger partial charge in [-0.05, 0) is 19.9 Å². The Morgan fingerprint density at radius 1 is 1.44 bits per heavy atom. The third kappa shape index (κ3) is 2.31. The first-order valence-corrected chi connectivity index (χ1v) is 5.94. The highest BCUT2D eigenvalue weighted by Gasteiger charge is 2.38. The van der Waals surface area contributed by atoms with Gasteiger partial charge in [0.05, 0.1) is 19.0 Å². The molecule has 0 aromatic heterocycles. The van der Waals surface area contributed by atoms with E-state index in [1.165, 1.54) is 0 Å². The van der Waals surface area contributed by atoms with Gasteiger partial charge < -0.3 is 9.84 Å². The zero-order valence-electron chi connectivity index (χ0n) is 10.2. The fraction of sp³-hybridized carbons (Fsp3) is 0.727. The first-order chi connectivity index (χ1) is 8.50. The van der Waals surface area contributed by atoms with Gasteiger partial charge >= 0.3 is 12.1 Å². The minimum atomic E-state index is -0.835. The maximum absolute atomic E-state index is 11.9. The van der Waals surface area contributed by atoms with E-state index >= 15 is 0 Å². The number of hydrogen-bond acceptors (Lipinski definition) is 5. The molecule has 7 heteroatoms. The molecule has 0 aromatic carbocycles. The van der Waals surface area contributed by atoms with Gasteiger partial charge in [0.2, 0.25) is 5.91 Å². The van der Waals surface area contributed by atoms with Crippen molar-refractivity contribution in [3.63, 3.8) is 0 Å². The number of likely N-dealkylation sites (tertiary alicyclic amines) is 1. The van der Waals surface area contributed by atoms with E-state index < -0.39 is 18.0 Å². The van der Waals surface area contributed by atoms with Crippen molar-refractivity contribution in [2.75, 3.05) is 26.2 Å². The predicted octanol–water partition coefficient (Wildman–Crippen LogP) is -0.240. The molecule has 2 aliphatic rings. The minimum absolute atomic E-state index is 0.0695. The van der Waals surface area contributed by atoms with Gasteiger partial charge in [-0.15, -0.1) is 0 Å². The van der Waals surface area contributed by atoms with Crippen molar-refractivity contribution in [2.24, 2.45) is 5.92 Å². The summed E-state index contributed by atoms with van der Waals surface area (Å²) in [5.41, 5.74) is 0. The fourth-order valence-electron chi connectivity index (χ4n) is 2.44. The van der Waals surface area contributed by atoms with Crippen molar-refractivity contribution in [1.82, 2.24) is 9.80 Å². The van der Waals surface area contributed by atoms with Crippen LogP contribution in [0.1, 0.15) is 13.3 Å². The fourth-order valence-corrected chi connectivity index (χ4v) is 2.44. The molecule has 0 radical (unpaired) electrons. The number of ether oxygens (including phenoxy) is 1. The Morgan fingerprint density at radius 2 is 2.17 bits per heavy atom. The summed E-state index contributed by atoms with van der Waals surface area (Å²) in [6, 6.07) is -0.190. The average Bonchev–Trinajstić information content (AvgIpc) is 2.86. The Labute approximate surface area is 104 Å². The van der Waals surface area contributed by atoms with Crippen LogP contribution in [-0.4, -0.2) is 65.2 Å². The molecule has 2 rings (SSSR count). The first kappa shape index (κ1) is 12.8. The Balaban J connectivity index is 1.92. The lowest BCUT2D eigenvalue weighted by atomic mass is 10.0. The molecule has 0 spiro atoms. The molecule has 2 unspecified atom stereocenters. The SMILES string of the molecule is CC1C(C(=O)O)CCN1CC(=O)N1CCOC1=O. The molecule has 2 aliphatic heterocycles. The Hall–Kier alpha value is -1.63. The van der Waals surface area contributed by atoms with Gasteiger partial charge in [0, 0.05) is 6.04 Å². The third-order valence-corrected chi connectivity index (χ3v) is 3.60. The molecule has 7 nitrogen and oxygen atoms in total. The number of imide groups is 1. The molecule has 2 saturated heterocycles. The number of nitrogens with zero attached hydrogens (tertiary/aromatic N) is 2. The molecule has 0 bridgehead atoms. The van der Waals surface area contributed by atoms with E-state index in [-0.39, 0.29) is 31.6 Å². The quantitative estimate of drug-likeness (QED) is 0.750. The van der Waals surface area contributed by atoms with Crippen LogP contribution in [0.3, 0.4) is 0 Å². The summed E-state index contributed by atoms with van der Waals surface area (Å²) in [5.74, 6) is -1.60. The Kier molecular flexibility index (Phi) is 3.51. The maximum atomic E-state index is 11.9. The van der Waals surface area contributed by atoms with Gasteiger partial charge in [-0.3, -0.25) is 14.5 Å². The number of carbonyl (C=O) groups is 3. The molecular weight excluding hydrogens is 240 g/mol. The van der Waals surface area contributed by atoms with E-state index in [0.29, 0.717) is 13.0 Å². The number of carboxylic acids is 1. The number of hydrogen-bond donors (Lipinski definition) is 1. The number of aliphatic carboxylic acids is 1. The van der Waals surface area contributed by atoms with Crippen LogP contribution in [0.4, 0.5) is 4.79 Å². The molecule has 0 aromatic rings. The number of rotatable bonds is 3. The van der Waals surface area contributed by atoms with Crippen molar-refractivity contribution in [3.05, 3.63) is 0 Å². The van der Waals surface area contributed by atoms with Gasteiger partial charge in [0.25, 0.3) is 0 Å². The predicted molar refractivity (Wildman–Crippen MR) is 59.8 cm³/mol. The molecule has 2 atom stereocenters. The van der Waals surface area contributed by atoms with Gasteiger partial charge in [-0.25, -0.2) is 9.69 Å².